The molecule has 0 amide bonds. The molecule has 0 bridgehead atoms. The lowest BCUT2D eigenvalue weighted by molar-refractivity contribution is -0.660. The van der Waals surface area contributed by atoms with Crippen molar-refractivity contribution in [2.75, 3.05) is 0 Å². The summed E-state index contributed by atoms with van der Waals surface area (Å²) in [5.74, 6) is 0.664. The van der Waals surface area contributed by atoms with Gasteiger partial charge in [0.15, 0.2) is 6.20 Å². The largest absolute Gasteiger partial charge is 0.212 e. The summed E-state index contributed by atoms with van der Waals surface area (Å²) in [6, 6.07) is 11.6. The lowest BCUT2D eigenvalue weighted by Gasteiger charge is -2.29. The topological polar surface area (TPSA) is 3.88 Å². The number of pyridine rings is 1. The van der Waals surface area contributed by atoms with E-state index in [2.05, 4.69) is 104 Å². The molecular weight excluding hydrogens is 302 g/mol. The van der Waals surface area contributed by atoms with E-state index in [0.29, 0.717) is 11.3 Å². The Kier molecular flexibility index (Phi) is 5.47. The van der Waals surface area contributed by atoms with E-state index in [1.54, 1.807) is 0 Å². The van der Waals surface area contributed by atoms with Crippen LogP contribution in [0.15, 0.2) is 36.5 Å². The molecule has 1 heterocycles. The summed E-state index contributed by atoms with van der Waals surface area (Å²) in [4.78, 5) is 0. The van der Waals surface area contributed by atoms with E-state index in [1.165, 1.54) is 27.9 Å². The molecule has 25 heavy (non-hydrogen) atoms. The van der Waals surface area contributed by atoms with E-state index in [9.17, 15) is 0 Å². The lowest BCUT2D eigenvalue weighted by Crippen LogP contribution is -2.32. The average molecular weight is 339 g/mol. The standard InChI is InChI=1S/C24H36N/c1-17(2)24(7,8)16-19-11-10-18(3)21(14-19)22-15-20(23(4,5)6)12-13-25(22)9/h10-15,17H,16H2,1-9H3/q+1. The highest BCUT2D eigenvalue weighted by Gasteiger charge is 2.24. The zero-order chi connectivity index (χ0) is 19.0. The van der Waals surface area contributed by atoms with Crippen LogP contribution in [0.5, 0.6) is 0 Å². The van der Waals surface area contributed by atoms with Crippen molar-refractivity contribution in [1.29, 1.82) is 0 Å². The minimum atomic E-state index is 0.161. The van der Waals surface area contributed by atoms with E-state index in [0.717, 1.165) is 6.42 Å². The zero-order valence-corrected chi connectivity index (χ0v) is 17.7. The first-order valence-corrected chi connectivity index (χ1v) is 9.52. The van der Waals surface area contributed by atoms with Crippen LogP contribution >= 0.6 is 0 Å². The maximum Gasteiger partial charge on any atom is 0.212 e. The molecule has 0 spiro atoms. The summed E-state index contributed by atoms with van der Waals surface area (Å²) in [7, 11) is 2.14. The Morgan fingerprint density at radius 2 is 1.60 bits per heavy atom. The van der Waals surface area contributed by atoms with Gasteiger partial charge in [0.25, 0.3) is 0 Å². The van der Waals surface area contributed by atoms with Crippen molar-refractivity contribution in [1.82, 2.24) is 0 Å². The van der Waals surface area contributed by atoms with Gasteiger partial charge < -0.3 is 0 Å². The van der Waals surface area contributed by atoms with Gasteiger partial charge in [-0.2, -0.15) is 0 Å². The van der Waals surface area contributed by atoms with Gasteiger partial charge in [-0.25, -0.2) is 4.57 Å². The van der Waals surface area contributed by atoms with Crippen molar-refractivity contribution >= 4 is 0 Å². The quantitative estimate of drug-likeness (QED) is 0.601. The second kappa shape index (κ2) is 6.94. The number of hydrogen-bond donors (Lipinski definition) is 0. The minimum Gasteiger partial charge on any atom is -0.201 e. The average Bonchev–Trinajstić information content (AvgIpc) is 2.48. The zero-order valence-electron chi connectivity index (χ0n) is 17.7. The third-order valence-corrected chi connectivity index (χ3v) is 5.82. The predicted octanol–water partition coefficient (Wildman–Crippen LogP) is 6.01. The molecule has 0 aliphatic carbocycles. The maximum atomic E-state index is 2.40. The van der Waals surface area contributed by atoms with E-state index >= 15 is 0 Å². The first kappa shape index (κ1) is 19.7. The summed E-state index contributed by atoms with van der Waals surface area (Å²) in [5, 5.41) is 0. The number of benzene rings is 1. The van der Waals surface area contributed by atoms with Crippen LogP contribution in [-0.2, 0) is 18.9 Å². The van der Waals surface area contributed by atoms with Gasteiger partial charge in [-0.05, 0) is 52.8 Å². The highest BCUT2D eigenvalue weighted by molar-refractivity contribution is 5.63. The van der Waals surface area contributed by atoms with E-state index in [1.807, 2.05) is 0 Å². The number of rotatable bonds is 4. The molecule has 2 rings (SSSR count). The molecule has 0 saturated heterocycles. The molecule has 2 aromatic rings. The van der Waals surface area contributed by atoms with Crippen molar-refractivity contribution < 1.29 is 4.57 Å². The summed E-state index contributed by atoms with van der Waals surface area (Å²) in [5.41, 5.74) is 7.27. The van der Waals surface area contributed by atoms with Crippen LogP contribution in [0, 0.1) is 18.3 Å². The molecule has 0 aliphatic heterocycles. The van der Waals surface area contributed by atoms with Gasteiger partial charge in [0.1, 0.15) is 7.05 Å². The lowest BCUT2D eigenvalue weighted by atomic mass is 9.76. The van der Waals surface area contributed by atoms with Crippen molar-refractivity contribution in [3.8, 4) is 11.3 Å². The van der Waals surface area contributed by atoms with Gasteiger partial charge in [0.2, 0.25) is 5.69 Å². The normalized spacial score (nSPS) is 12.7. The van der Waals surface area contributed by atoms with Crippen molar-refractivity contribution in [3.63, 3.8) is 0 Å². The molecule has 0 aliphatic rings. The number of aromatic nitrogens is 1. The van der Waals surface area contributed by atoms with E-state index in [4.69, 9.17) is 0 Å². The second-order valence-electron chi connectivity index (χ2n) is 9.63. The van der Waals surface area contributed by atoms with Crippen molar-refractivity contribution in [3.05, 3.63) is 53.2 Å². The monoisotopic (exact) mass is 338 g/mol. The Bertz CT molecular complexity index is 745. The summed E-state index contributed by atoms with van der Waals surface area (Å²) >= 11 is 0. The maximum absolute atomic E-state index is 2.40. The van der Waals surface area contributed by atoms with Crippen LogP contribution in [0.2, 0.25) is 0 Å². The van der Waals surface area contributed by atoms with Crippen LogP contribution in [0.3, 0.4) is 0 Å². The summed E-state index contributed by atoms with van der Waals surface area (Å²) < 4.78 is 2.24. The fraction of sp³-hybridized carbons (Fsp3) is 0.542. The van der Waals surface area contributed by atoms with Gasteiger partial charge in [0.05, 0.1) is 0 Å². The summed E-state index contributed by atoms with van der Waals surface area (Å²) in [6.07, 6.45) is 3.31. The van der Waals surface area contributed by atoms with Gasteiger partial charge in [-0.1, -0.05) is 60.6 Å². The Balaban J connectivity index is 2.51. The Morgan fingerprint density at radius 1 is 0.960 bits per heavy atom. The number of hydrogen-bond acceptors (Lipinski definition) is 0. The Morgan fingerprint density at radius 3 is 2.16 bits per heavy atom. The third kappa shape index (κ3) is 4.51. The first-order chi connectivity index (χ1) is 11.4. The first-order valence-electron chi connectivity index (χ1n) is 9.52. The Labute approximate surface area is 155 Å². The number of nitrogens with zero attached hydrogens (tertiary/aromatic N) is 1. The molecule has 0 unspecified atom stereocenters. The van der Waals surface area contributed by atoms with Gasteiger partial charge in [0, 0.05) is 17.7 Å². The van der Waals surface area contributed by atoms with Crippen molar-refractivity contribution in [2.45, 2.75) is 67.2 Å². The second-order valence-corrected chi connectivity index (χ2v) is 9.63. The molecule has 136 valence electrons. The van der Waals surface area contributed by atoms with Crippen LogP contribution in [0.4, 0.5) is 0 Å². The van der Waals surface area contributed by atoms with Gasteiger partial charge in [-0.3, -0.25) is 0 Å². The van der Waals surface area contributed by atoms with Crippen LogP contribution in [-0.4, -0.2) is 0 Å². The molecular formula is C24H36N+. The molecule has 0 radical (unpaired) electrons. The highest BCUT2D eigenvalue weighted by atomic mass is 14.9. The molecule has 0 saturated carbocycles. The van der Waals surface area contributed by atoms with Crippen molar-refractivity contribution in [2.24, 2.45) is 18.4 Å². The smallest absolute Gasteiger partial charge is 0.201 e. The molecule has 0 N–H and O–H groups in total. The summed E-state index contributed by atoms with van der Waals surface area (Å²) in [6.45, 7) is 18.4. The van der Waals surface area contributed by atoms with Crippen LogP contribution in [0.1, 0.15) is 65.2 Å². The van der Waals surface area contributed by atoms with Gasteiger partial charge >= 0.3 is 0 Å². The van der Waals surface area contributed by atoms with Gasteiger partial charge in [-0.15, -0.1) is 0 Å². The number of aryl methyl sites for hydroxylation is 2. The molecule has 1 heteroatoms. The van der Waals surface area contributed by atoms with E-state index in [-0.39, 0.29) is 5.41 Å². The molecule has 0 atom stereocenters. The highest BCUT2D eigenvalue weighted by Crippen LogP contribution is 2.33. The van der Waals surface area contributed by atoms with Crippen LogP contribution in [0.25, 0.3) is 11.3 Å². The molecule has 1 nitrogen and oxygen atoms in total. The Hall–Kier alpha value is -1.63. The van der Waals surface area contributed by atoms with E-state index < -0.39 is 0 Å². The molecule has 1 aromatic heterocycles. The molecule has 0 fully saturated rings. The molecule has 1 aromatic carbocycles. The fourth-order valence-corrected chi connectivity index (χ4v) is 3.09. The predicted molar refractivity (Wildman–Crippen MR) is 109 cm³/mol. The third-order valence-electron chi connectivity index (χ3n) is 5.82. The minimum absolute atomic E-state index is 0.161. The SMILES string of the molecule is Cc1ccc(CC(C)(C)C(C)C)cc1-c1cc(C(C)(C)C)cc[n+]1C. The fourth-order valence-electron chi connectivity index (χ4n) is 3.09. The van der Waals surface area contributed by atoms with Crippen LogP contribution < -0.4 is 4.57 Å².